The third kappa shape index (κ3) is 4.96. The number of amides is 1. The molecular weight excluding hydrogens is 459 g/mol. The van der Waals surface area contributed by atoms with E-state index in [0.717, 1.165) is 5.56 Å². The lowest BCUT2D eigenvalue weighted by atomic mass is 9.74. The van der Waals surface area contributed by atoms with E-state index in [9.17, 15) is 13.2 Å². The number of hydrogen-bond donors (Lipinski definition) is 2. The summed E-state index contributed by atoms with van der Waals surface area (Å²) in [5.41, 5.74) is 1.20. The van der Waals surface area contributed by atoms with Crippen molar-refractivity contribution >= 4 is 16.1 Å². The fourth-order valence-corrected chi connectivity index (χ4v) is 7.29. The van der Waals surface area contributed by atoms with Gasteiger partial charge in [-0.2, -0.15) is 4.31 Å². The molecule has 7 nitrogen and oxygen atoms in total. The molecule has 184 valence electrons. The van der Waals surface area contributed by atoms with Gasteiger partial charge in [0.05, 0.1) is 0 Å². The normalized spacial score (nSPS) is 24.4. The van der Waals surface area contributed by atoms with Gasteiger partial charge in [0.1, 0.15) is 11.1 Å². The number of rotatable bonds is 6. The zero-order valence-electron chi connectivity index (χ0n) is 19.2. The van der Waals surface area contributed by atoms with Crippen molar-refractivity contribution in [2.45, 2.75) is 55.9 Å². The number of nitrogens with zero attached hydrogens (tertiary/aromatic N) is 1. The molecule has 1 amide bonds. The molecule has 0 aliphatic carbocycles. The van der Waals surface area contributed by atoms with Crippen LogP contribution in [0.25, 0.3) is 0 Å². The first kappa shape index (κ1) is 24.6. The van der Waals surface area contributed by atoms with Crippen LogP contribution in [0.5, 0.6) is 0 Å². The van der Waals surface area contributed by atoms with Gasteiger partial charge in [-0.1, -0.05) is 42.5 Å². The molecule has 9 heteroatoms. The monoisotopic (exact) mass is 490 g/mol. The van der Waals surface area contributed by atoms with Crippen molar-refractivity contribution in [3.8, 4) is 0 Å². The fourth-order valence-electron chi connectivity index (χ4n) is 5.10. The third-order valence-corrected chi connectivity index (χ3v) is 9.59. The predicted octanol–water partition coefficient (Wildman–Crippen LogP) is 4.20. The van der Waals surface area contributed by atoms with Gasteiger partial charge in [0, 0.05) is 43.3 Å². The second kappa shape index (κ2) is 10.0. The molecule has 2 fully saturated rings. The van der Waals surface area contributed by atoms with Crippen molar-refractivity contribution in [2.75, 3.05) is 19.8 Å². The summed E-state index contributed by atoms with van der Waals surface area (Å²) in [4.78, 5) is 11.1. The molecule has 0 aromatic heterocycles. The molecule has 2 saturated heterocycles. The lowest BCUT2D eigenvalue weighted by Crippen LogP contribution is -2.45. The Morgan fingerprint density at radius 2 is 1.88 bits per heavy atom. The van der Waals surface area contributed by atoms with E-state index < -0.39 is 32.6 Å². The summed E-state index contributed by atoms with van der Waals surface area (Å²) < 4.78 is 49.2. The molecular formula is C25H31FN2O5S. The lowest BCUT2D eigenvalue weighted by molar-refractivity contribution is 0.0497. The first-order valence-corrected chi connectivity index (χ1v) is 13.1. The summed E-state index contributed by atoms with van der Waals surface area (Å²) >= 11 is 0. The van der Waals surface area contributed by atoms with Crippen LogP contribution in [0.3, 0.4) is 0 Å². The Bertz CT molecular complexity index is 1120. The summed E-state index contributed by atoms with van der Waals surface area (Å²) in [6.45, 7) is 2.92. The summed E-state index contributed by atoms with van der Waals surface area (Å²) in [5, 5.41) is 10.9. The van der Waals surface area contributed by atoms with Crippen LogP contribution in [0, 0.1) is 5.82 Å². The molecule has 2 heterocycles. The maximum atomic E-state index is 15.3. The first-order valence-electron chi connectivity index (χ1n) is 11.6. The van der Waals surface area contributed by atoms with Crippen molar-refractivity contribution in [3.63, 3.8) is 0 Å². The molecule has 4 rings (SSSR count). The minimum Gasteiger partial charge on any atom is -0.465 e. The van der Waals surface area contributed by atoms with E-state index in [4.69, 9.17) is 9.84 Å². The van der Waals surface area contributed by atoms with Crippen LogP contribution in [0.2, 0.25) is 0 Å². The van der Waals surface area contributed by atoms with E-state index in [0.29, 0.717) is 50.0 Å². The summed E-state index contributed by atoms with van der Waals surface area (Å²) in [6.07, 6.45) is 1.25. The Morgan fingerprint density at radius 3 is 2.53 bits per heavy atom. The predicted molar refractivity (Wildman–Crippen MR) is 127 cm³/mol. The molecule has 2 unspecified atom stereocenters. The Hall–Kier alpha value is -2.49. The van der Waals surface area contributed by atoms with Crippen molar-refractivity contribution < 1.29 is 27.4 Å². The number of sulfonamides is 1. The van der Waals surface area contributed by atoms with Crippen LogP contribution in [0.1, 0.15) is 54.5 Å². The van der Waals surface area contributed by atoms with Gasteiger partial charge in [-0.05, 0) is 49.8 Å². The zero-order valence-corrected chi connectivity index (χ0v) is 20.1. The molecule has 2 aromatic rings. The van der Waals surface area contributed by atoms with Gasteiger partial charge in [-0.3, -0.25) is 0 Å². The minimum atomic E-state index is -3.67. The van der Waals surface area contributed by atoms with Gasteiger partial charge in [-0.25, -0.2) is 17.6 Å². The molecule has 2 aliphatic rings. The van der Waals surface area contributed by atoms with E-state index in [1.165, 1.54) is 10.4 Å². The van der Waals surface area contributed by atoms with Crippen molar-refractivity contribution in [2.24, 2.45) is 0 Å². The van der Waals surface area contributed by atoms with E-state index in [1.807, 2.05) is 37.3 Å². The topological polar surface area (TPSA) is 95.9 Å². The van der Waals surface area contributed by atoms with Gasteiger partial charge in [0.15, 0.2) is 0 Å². The molecule has 2 N–H and O–H groups in total. The van der Waals surface area contributed by atoms with Gasteiger partial charge >= 0.3 is 6.09 Å². The van der Waals surface area contributed by atoms with Crippen molar-refractivity contribution in [1.29, 1.82) is 0 Å². The second-order valence-electron chi connectivity index (χ2n) is 9.27. The van der Waals surface area contributed by atoms with Gasteiger partial charge in [0.25, 0.3) is 0 Å². The molecule has 0 bridgehead atoms. The van der Waals surface area contributed by atoms with Gasteiger partial charge in [0.2, 0.25) is 10.0 Å². The zero-order chi connectivity index (χ0) is 24.3. The SMILES string of the molecule is CC1CCC(c2ccccc2)S(=O)(=O)N1Cc1ccc(C2(CNC(=O)O)CCOCC2)cc1F. The average Bonchev–Trinajstić information content (AvgIpc) is 2.82. The number of hydrogen-bond acceptors (Lipinski definition) is 4. The van der Waals surface area contributed by atoms with Crippen molar-refractivity contribution in [1.82, 2.24) is 9.62 Å². The van der Waals surface area contributed by atoms with E-state index >= 15 is 4.39 Å². The van der Waals surface area contributed by atoms with E-state index in [1.54, 1.807) is 12.1 Å². The highest BCUT2D eigenvalue weighted by atomic mass is 32.2. The highest BCUT2D eigenvalue weighted by molar-refractivity contribution is 7.89. The van der Waals surface area contributed by atoms with Crippen molar-refractivity contribution in [3.05, 3.63) is 71.0 Å². The highest BCUT2D eigenvalue weighted by Gasteiger charge is 2.41. The Kier molecular flexibility index (Phi) is 7.25. The standard InChI is InChI=1S/C25H31FN2O5S/c1-18-7-10-23(19-5-3-2-4-6-19)34(31,32)28(18)16-20-8-9-21(15-22(20)26)25(17-27-24(29)30)11-13-33-14-12-25/h2-6,8-9,15,18,23,27H,7,10-14,16-17H2,1H3,(H,29,30). The van der Waals surface area contributed by atoms with Crippen LogP contribution in [-0.2, 0) is 26.7 Å². The molecule has 0 spiro atoms. The van der Waals surface area contributed by atoms with E-state index in [-0.39, 0.29) is 19.1 Å². The quantitative estimate of drug-likeness (QED) is 0.633. The number of halogens is 1. The molecule has 34 heavy (non-hydrogen) atoms. The highest BCUT2D eigenvalue weighted by Crippen LogP contribution is 2.39. The van der Waals surface area contributed by atoms with Gasteiger partial charge in [-0.15, -0.1) is 0 Å². The Morgan fingerprint density at radius 1 is 1.18 bits per heavy atom. The smallest absolute Gasteiger partial charge is 0.404 e. The molecule has 2 atom stereocenters. The van der Waals surface area contributed by atoms with Crippen LogP contribution in [-0.4, -0.2) is 49.7 Å². The van der Waals surface area contributed by atoms with Crippen LogP contribution in [0.4, 0.5) is 9.18 Å². The second-order valence-corrected chi connectivity index (χ2v) is 11.3. The molecule has 2 aliphatic heterocycles. The summed E-state index contributed by atoms with van der Waals surface area (Å²) in [5.74, 6) is -0.483. The number of nitrogens with one attached hydrogen (secondary N) is 1. The Balaban J connectivity index is 1.59. The number of carboxylic acid groups (broad SMARTS) is 1. The van der Waals surface area contributed by atoms with Gasteiger partial charge < -0.3 is 15.2 Å². The first-order chi connectivity index (χ1) is 16.2. The largest absolute Gasteiger partial charge is 0.465 e. The number of ether oxygens (including phenoxy) is 1. The molecule has 0 radical (unpaired) electrons. The third-order valence-electron chi connectivity index (χ3n) is 7.22. The van der Waals surface area contributed by atoms with Crippen LogP contribution < -0.4 is 5.32 Å². The molecule has 2 aromatic carbocycles. The maximum absolute atomic E-state index is 15.3. The Labute approximate surface area is 200 Å². The summed E-state index contributed by atoms with van der Waals surface area (Å²) in [7, 11) is -3.67. The fraction of sp³-hybridized carbons (Fsp3) is 0.480. The average molecular weight is 491 g/mol. The summed E-state index contributed by atoms with van der Waals surface area (Å²) in [6, 6.07) is 13.8. The maximum Gasteiger partial charge on any atom is 0.404 e. The molecule has 0 saturated carbocycles. The van der Waals surface area contributed by atoms with Crippen LogP contribution >= 0.6 is 0 Å². The minimum absolute atomic E-state index is 0.0393. The number of carbonyl (C=O) groups is 1. The number of benzene rings is 2. The van der Waals surface area contributed by atoms with E-state index in [2.05, 4.69) is 5.32 Å². The van der Waals surface area contributed by atoms with Crippen LogP contribution in [0.15, 0.2) is 48.5 Å². The lowest BCUT2D eigenvalue weighted by Gasteiger charge is -2.38.